The van der Waals surface area contributed by atoms with Crippen molar-refractivity contribution in [1.82, 2.24) is 5.32 Å². The van der Waals surface area contributed by atoms with Crippen molar-refractivity contribution in [2.75, 3.05) is 0 Å². The number of nitrogens with one attached hydrogen (secondary N) is 1. The Morgan fingerprint density at radius 2 is 1.44 bits per heavy atom. The van der Waals surface area contributed by atoms with Crippen LogP contribution in [0, 0.1) is 6.92 Å². The second-order valence-electron chi connectivity index (χ2n) is 7.83. The molecular formula is C31H31N. The van der Waals surface area contributed by atoms with E-state index in [1.54, 1.807) is 6.08 Å². The first-order valence-corrected chi connectivity index (χ1v) is 10.9. The lowest BCUT2D eigenvalue weighted by Crippen LogP contribution is -2.06. The molecule has 0 heterocycles. The smallest absolute Gasteiger partial charge is 0.0150 e. The number of rotatable bonds is 8. The molecule has 0 fully saturated rings. The van der Waals surface area contributed by atoms with Crippen molar-refractivity contribution in [2.24, 2.45) is 0 Å². The third-order valence-electron chi connectivity index (χ3n) is 5.65. The Bertz CT molecular complexity index is 1180. The Kier molecular flexibility index (Phi) is 7.83. The van der Waals surface area contributed by atoms with Crippen LogP contribution in [0.25, 0.3) is 22.8 Å². The predicted octanol–water partition coefficient (Wildman–Crippen LogP) is 8.29. The summed E-state index contributed by atoms with van der Waals surface area (Å²) in [6.07, 6.45) is 7.94. The molecule has 0 aliphatic carbocycles. The van der Waals surface area contributed by atoms with Crippen LogP contribution in [0.4, 0.5) is 0 Å². The highest BCUT2D eigenvalue weighted by atomic mass is 14.8. The first kappa shape index (κ1) is 22.8. The second kappa shape index (κ2) is 11.0. The third kappa shape index (κ3) is 5.65. The van der Waals surface area contributed by atoms with E-state index in [4.69, 9.17) is 0 Å². The van der Waals surface area contributed by atoms with Gasteiger partial charge >= 0.3 is 0 Å². The molecule has 1 heteroatoms. The van der Waals surface area contributed by atoms with Crippen LogP contribution in [0.1, 0.15) is 41.7 Å². The van der Waals surface area contributed by atoms with Crippen LogP contribution in [-0.2, 0) is 0 Å². The minimum absolute atomic E-state index is 0.988. The number of allylic oxidation sites excluding steroid dienone is 6. The van der Waals surface area contributed by atoms with E-state index in [0.29, 0.717) is 0 Å². The van der Waals surface area contributed by atoms with Gasteiger partial charge in [-0.25, -0.2) is 0 Å². The molecular weight excluding hydrogens is 386 g/mol. The maximum absolute atomic E-state index is 4.39. The fourth-order valence-electron chi connectivity index (χ4n) is 3.49. The van der Waals surface area contributed by atoms with Crippen molar-refractivity contribution >= 4 is 22.8 Å². The van der Waals surface area contributed by atoms with Gasteiger partial charge in [-0.2, -0.15) is 0 Å². The fraction of sp³-hybridized carbons (Fsp3) is 0.0968. The van der Waals surface area contributed by atoms with Gasteiger partial charge in [0.2, 0.25) is 0 Å². The highest BCUT2D eigenvalue weighted by Crippen LogP contribution is 2.29. The molecule has 0 saturated heterocycles. The molecule has 1 nitrogen and oxygen atoms in total. The van der Waals surface area contributed by atoms with E-state index >= 15 is 0 Å². The van der Waals surface area contributed by atoms with Crippen molar-refractivity contribution in [3.8, 4) is 0 Å². The minimum Gasteiger partial charge on any atom is -0.364 e. The van der Waals surface area contributed by atoms with Gasteiger partial charge in [0.1, 0.15) is 0 Å². The van der Waals surface area contributed by atoms with Crippen LogP contribution in [0.5, 0.6) is 0 Å². The largest absolute Gasteiger partial charge is 0.364 e. The van der Waals surface area contributed by atoms with Crippen molar-refractivity contribution in [2.45, 2.75) is 20.8 Å². The van der Waals surface area contributed by atoms with Gasteiger partial charge < -0.3 is 5.32 Å². The molecule has 0 atom stereocenters. The maximum Gasteiger partial charge on any atom is 0.0150 e. The molecule has 0 aromatic heterocycles. The van der Waals surface area contributed by atoms with Crippen LogP contribution in [0.2, 0.25) is 0 Å². The van der Waals surface area contributed by atoms with E-state index in [1.165, 1.54) is 22.3 Å². The second-order valence-corrected chi connectivity index (χ2v) is 7.83. The summed E-state index contributed by atoms with van der Waals surface area (Å²) in [7, 11) is 0. The molecule has 0 radical (unpaired) electrons. The number of hydrogen-bond acceptors (Lipinski definition) is 1. The molecule has 3 aromatic rings. The number of aryl methyl sites for hydroxylation is 1. The maximum atomic E-state index is 4.39. The van der Waals surface area contributed by atoms with Gasteiger partial charge in [0.05, 0.1) is 0 Å². The topological polar surface area (TPSA) is 12.0 Å². The molecule has 0 aliphatic heterocycles. The molecule has 0 amide bonds. The summed E-state index contributed by atoms with van der Waals surface area (Å²) in [6, 6.07) is 27.2. The van der Waals surface area contributed by atoms with Crippen LogP contribution in [0.3, 0.4) is 0 Å². The normalized spacial score (nSPS) is 12.4. The van der Waals surface area contributed by atoms with Gasteiger partial charge in [-0.05, 0) is 65.8 Å². The first-order chi connectivity index (χ1) is 15.5. The zero-order valence-electron chi connectivity index (χ0n) is 19.2. The summed E-state index contributed by atoms with van der Waals surface area (Å²) in [5.41, 5.74) is 10.2. The third-order valence-corrected chi connectivity index (χ3v) is 5.65. The molecule has 0 spiro atoms. The summed E-state index contributed by atoms with van der Waals surface area (Å²) in [6.45, 7) is 14.6. The summed E-state index contributed by atoms with van der Waals surface area (Å²) < 4.78 is 0. The average molecular weight is 418 g/mol. The van der Waals surface area contributed by atoms with Gasteiger partial charge in [0, 0.05) is 17.5 Å². The highest BCUT2D eigenvalue weighted by Gasteiger charge is 2.09. The Labute approximate surface area is 192 Å². The lowest BCUT2D eigenvalue weighted by atomic mass is 9.94. The highest BCUT2D eigenvalue weighted by molar-refractivity contribution is 6.03. The lowest BCUT2D eigenvalue weighted by molar-refractivity contribution is 1.06. The van der Waals surface area contributed by atoms with Gasteiger partial charge in [-0.3, -0.25) is 0 Å². The quantitative estimate of drug-likeness (QED) is 0.364. The molecule has 3 aromatic carbocycles. The average Bonchev–Trinajstić information content (AvgIpc) is 2.84. The minimum atomic E-state index is 0.988. The molecule has 32 heavy (non-hydrogen) atoms. The number of hydrogen-bond donors (Lipinski definition) is 1. The molecule has 1 N–H and O–H groups in total. The van der Waals surface area contributed by atoms with Crippen molar-refractivity contribution in [1.29, 1.82) is 0 Å². The predicted molar refractivity (Wildman–Crippen MR) is 142 cm³/mol. The molecule has 0 unspecified atom stereocenters. The SMILES string of the molecule is C=C/C=C\c1cc(/C(C)=C(\C)N/C=C(/C(=C)c2ccccc2)c2ccccc2)ccc1C. The molecule has 0 aliphatic rings. The van der Waals surface area contributed by atoms with Crippen LogP contribution >= 0.6 is 0 Å². The molecule has 3 rings (SSSR count). The van der Waals surface area contributed by atoms with E-state index in [9.17, 15) is 0 Å². The Morgan fingerprint density at radius 3 is 2.06 bits per heavy atom. The van der Waals surface area contributed by atoms with E-state index in [2.05, 4.69) is 106 Å². The van der Waals surface area contributed by atoms with E-state index < -0.39 is 0 Å². The van der Waals surface area contributed by atoms with Crippen molar-refractivity contribution in [3.05, 3.63) is 144 Å². The van der Waals surface area contributed by atoms with Gasteiger partial charge in [-0.15, -0.1) is 0 Å². The standard InChI is InChI=1S/C31H31N/c1-6-7-14-29-21-30(20-19-23(29)2)24(3)26(5)32-22-31(28-17-12-9-13-18-28)25(4)27-15-10-8-11-16-27/h6-22,32H,1,4H2,2-3,5H3/b14-7-,26-24+,31-22-. The Balaban J connectivity index is 1.95. The number of benzene rings is 3. The van der Waals surface area contributed by atoms with Crippen molar-refractivity contribution < 1.29 is 0 Å². The van der Waals surface area contributed by atoms with Gasteiger partial charge in [0.15, 0.2) is 0 Å². The van der Waals surface area contributed by atoms with E-state index in [-0.39, 0.29) is 0 Å². The Morgan fingerprint density at radius 1 is 0.812 bits per heavy atom. The van der Waals surface area contributed by atoms with E-state index in [1.807, 2.05) is 30.3 Å². The summed E-state index contributed by atoms with van der Waals surface area (Å²) in [5.74, 6) is 0. The van der Waals surface area contributed by atoms with Gasteiger partial charge in [0.25, 0.3) is 0 Å². The van der Waals surface area contributed by atoms with Crippen LogP contribution < -0.4 is 5.32 Å². The van der Waals surface area contributed by atoms with Gasteiger partial charge in [-0.1, -0.05) is 104 Å². The summed E-state index contributed by atoms with van der Waals surface area (Å²) in [5, 5.41) is 3.53. The lowest BCUT2D eigenvalue weighted by Gasteiger charge is -2.15. The molecule has 0 bridgehead atoms. The Hall–Kier alpha value is -3.84. The molecule has 0 saturated carbocycles. The summed E-state index contributed by atoms with van der Waals surface area (Å²) in [4.78, 5) is 0. The van der Waals surface area contributed by atoms with Crippen LogP contribution in [-0.4, -0.2) is 0 Å². The van der Waals surface area contributed by atoms with Crippen LogP contribution in [0.15, 0.2) is 116 Å². The van der Waals surface area contributed by atoms with E-state index in [0.717, 1.165) is 28.0 Å². The zero-order valence-corrected chi connectivity index (χ0v) is 19.2. The monoisotopic (exact) mass is 417 g/mol. The first-order valence-electron chi connectivity index (χ1n) is 10.9. The summed E-state index contributed by atoms with van der Waals surface area (Å²) >= 11 is 0. The van der Waals surface area contributed by atoms with Crippen molar-refractivity contribution in [3.63, 3.8) is 0 Å². The zero-order chi connectivity index (χ0) is 22.9. The fourth-order valence-corrected chi connectivity index (χ4v) is 3.49. The molecule has 160 valence electrons.